The van der Waals surface area contributed by atoms with Gasteiger partial charge in [0.25, 0.3) is 0 Å². The minimum Gasteiger partial charge on any atom is -0.469 e. The van der Waals surface area contributed by atoms with E-state index in [9.17, 15) is 9.59 Å². The van der Waals surface area contributed by atoms with Crippen molar-refractivity contribution in [2.24, 2.45) is 10.9 Å². The van der Waals surface area contributed by atoms with E-state index in [1.54, 1.807) is 6.92 Å². The summed E-state index contributed by atoms with van der Waals surface area (Å²) in [5.41, 5.74) is 1.99. The van der Waals surface area contributed by atoms with Crippen LogP contribution in [0, 0.1) is 5.92 Å². The number of nitrogens with one attached hydrogen (secondary N) is 3. The molecule has 0 saturated heterocycles. The fraction of sp³-hybridized carbons (Fsp3) is 0.500. The van der Waals surface area contributed by atoms with Gasteiger partial charge in [-0.3, -0.25) is 14.6 Å². The zero-order chi connectivity index (χ0) is 18.2. The summed E-state index contributed by atoms with van der Waals surface area (Å²) in [6.45, 7) is 5.39. The standard InChI is InChI=1S/C18H26N4O3/c1-4-19-18(20-10-12(2)17(24)25-3)21-11-13-9-16(23)22-15-8-6-5-7-14(13)15/h5-8,12-13H,4,9-11H2,1-3H3,(H,22,23)(H2,19,20,21). The van der Waals surface area contributed by atoms with Crippen LogP contribution in [-0.2, 0) is 14.3 Å². The molecule has 1 amide bonds. The minimum atomic E-state index is -0.304. The van der Waals surface area contributed by atoms with Crippen molar-refractivity contribution >= 4 is 23.5 Å². The summed E-state index contributed by atoms with van der Waals surface area (Å²) in [4.78, 5) is 27.8. The molecule has 0 fully saturated rings. The van der Waals surface area contributed by atoms with Crippen molar-refractivity contribution in [1.82, 2.24) is 10.6 Å². The second-order valence-corrected chi connectivity index (χ2v) is 6.06. The largest absolute Gasteiger partial charge is 0.469 e. The number of guanidine groups is 1. The Morgan fingerprint density at radius 1 is 1.40 bits per heavy atom. The molecular weight excluding hydrogens is 320 g/mol. The second-order valence-electron chi connectivity index (χ2n) is 6.06. The number of anilines is 1. The van der Waals surface area contributed by atoms with Crippen molar-refractivity contribution in [3.8, 4) is 0 Å². The van der Waals surface area contributed by atoms with Crippen LogP contribution in [0.15, 0.2) is 29.3 Å². The smallest absolute Gasteiger partial charge is 0.310 e. The Labute approximate surface area is 148 Å². The summed E-state index contributed by atoms with van der Waals surface area (Å²) in [5.74, 6) is 0.138. The molecule has 2 unspecified atom stereocenters. The molecule has 25 heavy (non-hydrogen) atoms. The van der Waals surface area contributed by atoms with Gasteiger partial charge < -0.3 is 20.7 Å². The van der Waals surface area contributed by atoms with E-state index < -0.39 is 0 Å². The number of esters is 1. The van der Waals surface area contributed by atoms with Crippen molar-refractivity contribution in [3.63, 3.8) is 0 Å². The number of rotatable bonds is 6. The van der Waals surface area contributed by atoms with Gasteiger partial charge in [-0.2, -0.15) is 0 Å². The molecule has 1 heterocycles. The fourth-order valence-corrected chi connectivity index (χ4v) is 2.75. The third kappa shape index (κ3) is 5.20. The van der Waals surface area contributed by atoms with Gasteiger partial charge in [0.15, 0.2) is 5.96 Å². The first-order valence-corrected chi connectivity index (χ1v) is 8.54. The zero-order valence-corrected chi connectivity index (χ0v) is 15.0. The predicted molar refractivity (Wildman–Crippen MR) is 97.6 cm³/mol. The normalized spacial score (nSPS) is 18.0. The highest BCUT2D eigenvalue weighted by Gasteiger charge is 2.24. The first-order chi connectivity index (χ1) is 12.0. The van der Waals surface area contributed by atoms with E-state index in [0.717, 1.165) is 11.3 Å². The molecule has 2 atom stereocenters. The molecule has 0 saturated carbocycles. The van der Waals surface area contributed by atoms with Gasteiger partial charge in [-0.05, 0) is 18.6 Å². The maximum absolute atomic E-state index is 11.9. The molecule has 0 aliphatic carbocycles. The number of hydrogen-bond acceptors (Lipinski definition) is 4. The first kappa shape index (κ1) is 18.8. The molecule has 0 radical (unpaired) electrons. The summed E-state index contributed by atoms with van der Waals surface area (Å²) >= 11 is 0. The number of fused-ring (bicyclic) bond motifs is 1. The first-order valence-electron chi connectivity index (χ1n) is 8.54. The number of para-hydroxylation sites is 1. The van der Waals surface area contributed by atoms with Crippen LogP contribution in [0.2, 0.25) is 0 Å². The number of methoxy groups -OCH3 is 1. The van der Waals surface area contributed by atoms with Crippen molar-refractivity contribution in [3.05, 3.63) is 29.8 Å². The predicted octanol–water partition coefficient (Wildman–Crippen LogP) is 1.48. The minimum absolute atomic E-state index is 0.0201. The van der Waals surface area contributed by atoms with Gasteiger partial charge in [0.05, 0.1) is 19.6 Å². The molecule has 2 rings (SSSR count). The summed E-state index contributed by atoms with van der Waals surface area (Å²) in [7, 11) is 1.37. The molecule has 7 heteroatoms. The summed E-state index contributed by atoms with van der Waals surface area (Å²) in [6.07, 6.45) is 0.433. The molecule has 136 valence electrons. The molecule has 1 aromatic rings. The second kappa shape index (κ2) is 9.05. The van der Waals surface area contributed by atoms with Gasteiger partial charge in [0.1, 0.15) is 0 Å². The van der Waals surface area contributed by atoms with Crippen molar-refractivity contribution in [2.45, 2.75) is 26.2 Å². The van der Waals surface area contributed by atoms with Gasteiger partial charge in [-0.25, -0.2) is 0 Å². The highest BCUT2D eigenvalue weighted by Crippen LogP contribution is 2.31. The van der Waals surface area contributed by atoms with E-state index in [1.807, 2.05) is 31.2 Å². The Morgan fingerprint density at radius 2 is 2.16 bits per heavy atom. The Hall–Kier alpha value is -2.57. The molecule has 1 aliphatic rings. The number of nitrogens with zero attached hydrogens (tertiary/aromatic N) is 1. The molecule has 1 aliphatic heterocycles. The topological polar surface area (TPSA) is 91.8 Å². The van der Waals surface area contributed by atoms with Crippen LogP contribution in [0.5, 0.6) is 0 Å². The van der Waals surface area contributed by atoms with Crippen molar-refractivity contribution < 1.29 is 14.3 Å². The van der Waals surface area contributed by atoms with E-state index in [2.05, 4.69) is 20.9 Å². The van der Waals surface area contributed by atoms with Crippen LogP contribution in [0.25, 0.3) is 0 Å². The Bertz CT molecular complexity index is 645. The lowest BCUT2D eigenvalue weighted by atomic mass is 9.90. The molecular formula is C18H26N4O3. The molecule has 0 aromatic heterocycles. The molecule has 7 nitrogen and oxygen atoms in total. The molecule has 0 spiro atoms. The van der Waals surface area contributed by atoms with E-state index in [-0.39, 0.29) is 23.7 Å². The molecule has 0 bridgehead atoms. The Morgan fingerprint density at radius 3 is 2.88 bits per heavy atom. The highest BCUT2D eigenvalue weighted by atomic mass is 16.5. The van der Waals surface area contributed by atoms with Crippen LogP contribution in [0.4, 0.5) is 5.69 Å². The lowest BCUT2D eigenvalue weighted by Crippen LogP contribution is -2.41. The maximum atomic E-state index is 11.9. The van der Waals surface area contributed by atoms with Gasteiger partial charge in [0.2, 0.25) is 5.91 Å². The lowest BCUT2D eigenvalue weighted by Gasteiger charge is -2.26. The summed E-state index contributed by atoms with van der Waals surface area (Å²) in [5, 5.41) is 9.32. The summed E-state index contributed by atoms with van der Waals surface area (Å²) in [6, 6.07) is 7.83. The quantitative estimate of drug-likeness (QED) is 0.412. The third-order valence-corrected chi connectivity index (χ3v) is 4.09. The number of carbonyl (C=O) groups is 2. The van der Waals surface area contributed by atoms with E-state index in [4.69, 9.17) is 4.74 Å². The van der Waals surface area contributed by atoms with E-state index >= 15 is 0 Å². The van der Waals surface area contributed by atoms with Crippen molar-refractivity contribution in [1.29, 1.82) is 0 Å². The average Bonchev–Trinajstić information content (AvgIpc) is 2.62. The summed E-state index contributed by atoms with van der Waals surface area (Å²) < 4.78 is 4.72. The molecule has 3 N–H and O–H groups in total. The van der Waals surface area contributed by atoms with Crippen LogP contribution < -0.4 is 16.0 Å². The fourth-order valence-electron chi connectivity index (χ4n) is 2.75. The van der Waals surface area contributed by atoms with Crippen LogP contribution >= 0.6 is 0 Å². The van der Waals surface area contributed by atoms with Gasteiger partial charge in [-0.15, -0.1) is 0 Å². The number of carbonyl (C=O) groups excluding carboxylic acids is 2. The highest BCUT2D eigenvalue weighted by molar-refractivity contribution is 5.94. The number of hydrogen-bond donors (Lipinski definition) is 3. The molecule has 1 aromatic carbocycles. The van der Waals surface area contributed by atoms with Crippen LogP contribution in [0.3, 0.4) is 0 Å². The monoisotopic (exact) mass is 346 g/mol. The zero-order valence-electron chi connectivity index (χ0n) is 15.0. The Kier molecular flexibility index (Phi) is 6.80. The van der Waals surface area contributed by atoms with Crippen molar-refractivity contribution in [2.75, 3.05) is 32.1 Å². The number of amides is 1. The number of ether oxygens (including phenoxy) is 1. The maximum Gasteiger partial charge on any atom is 0.310 e. The van der Waals surface area contributed by atoms with Gasteiger partial charge in [-0.1, -0.05) is 25.1 Å². The van der Waals surface area contributed by atoms with Crippen LogP contribution in [-0.4, -0.2) is 44.6 Å². The lowest BCUT2D eigenvalue weighted by molar-refractivity contribution is -0.144. The third-order valence-electron chi connectivity index (χ3n) is 4.09. The van der Waals surface area contributed by atoms with Crippen LogP contribution in [0.1, 0.15) is 31.7 Å². The van der Waals surface area contributed by atoms with E-state index in [0.29, 0.717) is 32.0 Å². The Balaban J connectivity index is 2.01. The SMILES string of the molecule is CCNC(=NCC(C)C(=O)OC)NCC1CC(=O)Nc2ccccc21. The van der Waals surface area contributed by atoms with E-state index in [1.165, 1.54) is 7.11 Å². The number of aliphatic imine (C=N–C) groups is 1. The average molecular weight is 346 g/mol. The number of benzene rings is 1. The van der Waals surface area contributed by atoms with Gasteiger partial charge in [0, 0.05) is 31.1 Å². The van der Waals surface area contributed by atoms with Gasteiger partial charge >= 0.3 is 5.97 Å².